The van der Waals surface area contributed by atoms with Crippen molar-refractivity contribution in [3.05, 3.63) is 64.6 Å². The Hall–Kier alpha value is -2.68. The number of aromatic nitrogens is 1. The molecule has 0 aliphatic heterocycles. The summed E-state index contributed by atoms with van der Waals surface area (Å²) in [6.07, 6.45) is 2.21. The molecule has 0 radical (unpaired) electrons. The van der Waals surface area contributed by atoms with Gasteiger partial charge in [-0.05, 0) is 55.5 Å². The predicted octanol–water partition coefficient (Wildman–Crippen LogP) is 6.27. The van der Waals surface area contributed by atoms with Crippen molar-refractivity contribution in [1.29, 1.82) is 0 Å². The molecule has 0 unspecified atom stereocenters. The highest BCUT2D eigenvalue weighted by atomic mass is 19.1. The highest BCUT2D eigenvalue weighted by Crippen LogP contribution is 2.39. The molecule has 0 N–H and O–H groups in total. The van der Waals surface area contributed by atoms with E-state index >= 15 is 0 Å². The minimum atomic E-state index is -0.278. The van der Waals surface area contributed by atoms with Crippen LogP contribution < -0.4 is 4.57 Å². The number of halogens is 1. The molecule has 0 fully saturated rings. The Bertz CT molecular complexity index is 1200. The van der Waals surface area contributed by atoms with E-state index in [9.17, 15) is 4.39 Å². The van der Waals surface area contributed by atoms with Gasteiger partial charge in [0, 0.05) is 28.5 Å². The largest absolute Gasteiger partial charge is 0.455 e. The van der Waals surface area contributed by atoms with E-state index in [1.807, 2.05) is 6.07 Å². The molecular weight excluding hydrogens is 337 g/mol. The lowest BCUT2D eigenvalue weighted by Gasteiger charge is -2.12. The van der Waals surface area contributed by atoms with Crippen LogP contribution in [0.2, 0.25) is 0 Å². The van der Waals surface area contributed by atoms with Crippen LogP contribution in [0.4, 0.5) is 4.39 Å². The predicted molar refractivity (Wildman–Crippen MR) is 109 cm³/mol. The van der Waals surface area contributed by atoms with E-state index in [1.54, 1.807) is 0 Å². The first kappa shape index (κ1) is 17.7. The molecular formula is C24H25FNO+. The lowest BCUT2D eigenvalue weighted by Crippen LogP contribution is -2.32. The van der Waals surface area contributed by atoms with Gasteiger partial charge in [-0.15, -0.1) is 0 Å². The van der Waals surface area contributed by atoms with Crippen LogP contribution in [0.5, 0.6) is 0 Å². The molecule has 0 atom stereocenters. The van der Waals surface area contributed by atoms with Crippen LogP contribution in [-0.4, -0.2) is 0 Å². The molecule has 138 valence electrons. The molecule has 27 heavy (non-hydrogen) atoms. The van der Waals surface area contributed by atoms with Crippen molar-refractivity contribution >= 4 is 21.9 Å². The number of aryl methyl sites for hydroxylation is 4. The number of hydrogen-bond donors (Lipinski definition) is 0. The van der Waals surface area contributed by atoms with E-state index < -0.39 is 0 Å². The van der Waals surface area contributed by atoms with E-state index in [0.717, 1.165) is 38.7 Å². The molecule has 3 heteroatoms. The lowest BCUT2D eigenvalue weighted by molar-refractivity contribution is -0.660. The van der Waals surface area contributed by atoms with E-state index in [0.29, 0.717) is 11.5 Å². The molecule has 2 nitrogen and oxygen atoms in total. The Morgan fingerprint density at radius 2 is 1.70 bits per heavy atom. The van der Waals surface area contributed by atoms with Gasteiger partial charge in [0.2, 0.25) is 5.69 Å². The maximum Gasteiger partial charge on any atom is 0.216 e. The summed E-state index contributed by atoms with van der Waals surface area (Å²) in [5, 5.41) is 2.03. The van der Waals surface area contributed by atoms with Gasteiger partial charge in [0.1, 0.15) is 24.0 Å². The molecule has 0 saturated heterocycles. The Morgan fingerprint density at radius 1 is 0.963 bits per heavy atom. The number of pyridine rings is 1. The third-order valence-electron chi connectivity index (χ3n) is 5.50. The van der Waals surface area contributed by atoms with Crippen molar-refractivity contribution in [3.63, 3.8) is 0 Å². The van der Waals surface area contributed by atoms with Crippen molar-refractivity contribution in [3.8, 4) is 11.3 Å². The summed E-state index contributed by atoms with van der Waals surface area (Å²) in [6, 6.07) is 9.22. The minimum absolute atomic E-state index is 0.278. The van der Waals surface area contributed by atoms with E-state index in [1.165, 1.54) is 23.3 Å². The summed E-state index contributed by atoms with van der Waals surface area (Å²) in [7, 11) is 2.08. The minimum Gasteiger partial charge on any atom is -0.455 e. The number of benzene rings is 2. The lowest BCUT2D eigenvalue weighted by atomic mass is 9.94. The molecule has 4 aromatic rings. The van der Waals surface area contributed by atoms with Crippen molar-refractivity contribution in [2.24, 2.45) is 7.05 Å². The van der Waals surface area contributed by atoms with Crippen LogP contribution in [0.3, 0.4) is 0 Å². The summed E-state index contributed by atoms with van der Waals surface area (Å²) >= 11 is 0. The maximum atomic E-state index is 13.7. The third kappa shape index (κ3) is 2.73. The Kier molecular flexibility index (Phi) is 4.06. The monoisotopic (exact) mass is 362 g/mol. The van der Waals surface area contributed by atoms with Crippen LogP contribution in [0.25, 0.3) is 33.2 Å². The van der Waals surface area contributed by atoms with Crippen LogP contribution in [0, 0.1) is 26.6 Å². The van der Waals surface area contributed by atoms with Crippen LogP contribution >= 0.6 is 0 Å². The molecule has 0 spiro atoms. The van der Waals surface area contributed by atoms with Crippen LogP contribution in [-0.2, 0) is 7.05 Å². The summed E-state index contributed by atoms with van der Waals surface area (Å²) in [4.78, 5) is 0. The van der Waals surface area contributed by atoms with E-state index in [4.69, 9.17) is 4.42 Å². The fourth-order valence-electron chi connectivity index (χ4n) is 4.23. The summed E-state index contributed by atoms with van der Waals surface area (Å²) in [6.45, 7) is 10.8. The standard InChI is InChI=1S/C24H25FNO/c1-13(2)19-12-26(6)20(10-14(19)3)23-16(5)9-15(4)22-18-8-7-17(25)11-21(18)27-24(22)23/h7-13H,1-6H3/q+1. The number of fused-ring (bicyclic) bond motifs is 3. The van der Waals surface area contributed by atoms with Crippen molar-refractivity contribution in [2.45, 2.75) is 40.5 Å². The third-order valence-corrected chi connectivity index (χ3v) is 5.50. The number of furan rings is 1. The van der Waals surface area contributed by atoms with Gasteiger partial charge in [0.05, 0.1) is 5.56 Å². The van der Waals surface area contributed by atoms with Crippen LogP contribution in [0.1, 0.15) is 42.0 Å². The fourth-order valence-corrected chi connectivity index (χ4v) is 4.23. The molecule has 0 aliphatic carbocycles. The second-order valence-electron chi connectivity index (χ2n) is 7.89. The number of nitrogens with zero attached hydrogens (tertiary/aromatic N) is 1. The van der Waals surface area contributed by atoms with Gasteiger partial charge in [-0.3, -0.25) is 0 Å². The van der Waals surface area contributed by atoms with Gasteiger partial charge in [0.25, 0.3) is 0 Å². The maximum absolute atomic E-state index is 13.7. The summed E-state index contributed by atoms with van der Waals surface area (Å²) < 4.78 is 22.1. The molecule has 2 heterocycles. The molecule has 4 rings (SSSR count). The van der Waals surface area contributed by atoms with Crippen molar-refractivity contribution < 1.29 is 13.4 Å². The zero-order chi connectivity index (χ0) is 19.5. The Balaban J connectivity index is 2.11. The van der Waals surface area contributed by atoms with Gasteiger partial charge in [-0.2, -0.15) is 0 Å². The highest BCUT2D eigenvalue weighted by molar-refractivity contribution is 6.11. The Morgan fingerprint density at radius 3 is 2.41 bits per heavy atom. The van der Waals surface area contributed by atoms with Gasteiger partial charge in [0.15, 0.2) is 6.20 Å². The molecule has 0 bridgehead atoms. The van der Waals surface area contributed by atoms with E-state index in [-0.39, 0.29) is 5.82 Å². The Labute approximate surface area is 159 Å². The first-order chi connectivity index (χ1) is 12.8. The first-order valence-corrected chi connectivity index (χ1v) is 9.40. The number of rotatable bonds is 2. The second-order valence-corrected chi connectivity index (χ2v) is 7.89. The molecule has 2 aromatic carbocycles. The smallest absolute Gasteiger partial charge is 0.216 e. The SMILES string of the molecule is Cc1cc(-c2c(C)cc(C)c3c2oc2cc(F)ccc23)[n+](C)cc1C(C)C. The normalized spacial score (nSPS) is 11.9. The van der Waals surface area contributed by atoms with Gasteiger partial charge in [-0.25, -0.2) is 8.96 Å². The zero-order valence-corrected chi connectivity index (χ0v) is 16.8. The van der Waals surface area contributed by atoms with E-state index in [2.05, 4.69) is 64.6 Å². The first-order valence-electron chi connectivity index (χ1n) is 9.40. The molecule has 0 amide bonds. The average Bonchev–Trinajstić information content (AvgIpc) is 2.95. The quantitative estimate of drug-likeness (QED) is 0.384. The molecule has 0 aliphatic rings. The highest BCUT2D eigenvalue weighted by Gasteiger charge is 2.24. The van der Waals surface area contributed by atoms with Crippen LogP contribution in [0.15, 0.2) is 40.9 Å². The van der Waals surface area contributed by atoms with Crippen molar-refractivity contribution in [1.82, 2.24) is 0 Å². The average molecular weight is 362 g/mol. The van der Waals surface area contributed by atoms with Crippen molar-refractivity contribution in [2.75, 3.05) is 0 Å². The number of hydrogen-bond acceptors (Lipinski definition) is 1. The zero-order valence-electron chi connectivity index (χ0n) is 16.8. The summed E-state index contributed by atoms with van der Waals surface area (Å²) in [5.74, 6) is 0.193. The topological polar surface area (TPSA) is 17.0 Å². The molecule has 0 saturated carbocycles. The van der Waals surface area contributed by atoms with Gasteiger partial charge in [-0.1, -0.05) is 19.9 Å². The van der Waals surface area contributed by atoms with Gasteiger partial charge >= 0.3 is 0 Å². The second kappa shape index (κ2) is 6.19. The molecule has 2 aromatic heterocycles. The fraction of sp³-hybridized carbons (Fsp3) is 0.292. The van der Waals surface area contributed by atoms with Gasteiger partial charge < -0.3 is 4.42 Å². The summed E-state index contributed by atoms with van der Waals surface area (Å²) in [5.41, 5.74) is 8.54.